The minimum atomic E-state index is -0.325. The summed E-state index contributed by atoms with van der Waals surface area (Å²) in [5, 5.41) is 0.587. The Bertz CT molecular complexity index is 384. The molecular weight excluding hydrogens is 240 g/mol. The number of carbonyl (C=O) groups is 2. The van der Waals surface area contributed by atoms with Gasteiger partial charge >= 0.3 is 5.97 Å². The maximum absolute atomic E-state index is 11.7. The molecule has 0 aliphatic heterocycles. The molecule has 1 rings (SSSR count). The second kappa shape index (κ2) is 7.07. The lowest BCUT2D eigenvalue weighted by molar-refractivity contribution is -0.143. The van der Waals surface area contributed by atoms with Crippen molar-refractivity contribution in [2.45, 2.75) is 26.2 Å². The maximum atomic E-state index is 11.7. The Labute approximate surface area is 106 Å². The predicted octanol–water partition coefficient (Wildman–Crippen LogP) is 3.26. The van der Waals surface area contributed by atoms with Crippen molar-refractivity contribution in [1.82, 2.24) is 0 Å². The average molecular weight is 255 g/mol. The van der Waals surface area contributed by atoms with Crippen LogP contribution in [-0.4, -0.2) is 18.4 Å². The minimum Gasteiger partial charge on any atom is -0.466 e. The van der Waals surface area contributed by atoms with Gasteiger partial charge in [0.2, 0.25) is 0 Å². The van der Waals surface area contributed by atoms with Crippen molar-refractivity contribution in [3.63, 3.8) is 0 Å². The minimum absolute atomic E-state index is 0.0740. The third-order valence-electron chi connectivity index (χ3n) is 2.19. The van der Waals surface area contributed by atoms with Gasteiger partial charge in [0.05, 0.1) is 13.0 Å². The maximum Gasteiger partial charge on any atom is 0.306 e. The second-order valence-corrected chi connectivity index (χ2v) is 4.09. The van der Waals surface area contributed by atoms with Crippen molar-refractivity contribution in [2.75, 3.05) is 6.61 Å². The van der Waals surface area contributed by atoms with E-state index in [1.54, 1.807) is 24.3 Å². The molecule has 0 N–H and O–H groups in total. The predicted molar refractivity (Wildman–Crippen MR) is 66.3 cm³/mol. The number of rotatable bonds is 6. The Hall–Kier alpha value is -1.35. The zero-order valence-corrected chi connectivity index (χ0v) is 10.5. The first kappa shape index (κ1) is 13.7. The summed E-state index contributed by atoms with van der Waals surface area (Å²) >= 11 is 5.72. The highest BCUT2D eigenvalue weighted by atomic mass is 35.5. The highest BCUT2D eigenvalue weighted by Crippen LogP contribution is 2.12. The van der Waals surface area contributed by atoms with Gasteiger partial charge in [0.1, 0.15) is 0 Å². The molecule has 0 aromatic heterocycles. The van der Waals surface area contributed by atoms with Crippen LogP contribution in [0.1, 0.15) is 36.5 Å². The van der Waals surface area contributed by atoms with E-state index in [0.29, 0.717) is 17.2 Å². The summed E-state index contributed by atoms with van der Waals surface area (Å²) in [5.41, 5.74) is 0.567. The van der Waals surface area contributed by atoms with E-state index in [1.807, 2.05) is 6.92 Å². The lowest BCUT2D eigenvalue weighted by atomic mass is 10.1. The number of Topliss-reactive ketones (excluding diaryl/α,β-unsaturated/α-hetero) is 1. The summed E-state index contributed by atoms with van der Waals surface area (Å²) in [6.45, 7) is 2.33. The van der Waals surface area contributed by atoms with Crippen molar-refractivity contribution in [3.8, 4) is 0 Å². The molecule has 0 saturated heterocycles. The Morgan fingerprint density at radius 1 is 1.18 bits per heavy atom. The standard InChI is InChI=1S/C13H15ClO3/c1-2-9-17-13(16)8-7-12(15)10-3-5-11(14)6-4-10/h3-6H,2,7-9H2,1H3. The van der Waals surface area contributed by atoms with E-state index < -0.39 is 0 Å². The number of esters is 1. The number of halogens is 1. The Morgan fingerprint density at radius 3 is 2.41 bits per heavy atom. The Morgan fingerprint density at radius 2 is 1.82 bits per heavy atom. The molecule has 0 spiro atoms. The molecule has 0 radical (unpaired) electrons. The van der Waals surface area contributed by atoms with E-state index in [4.69, 9.17) is 16.3 Å². The molecule has 4 heteroatoms. The van der Waals surface area contributed by atoms with Gasteiger partial charge in [-0.2, -0.15) is 0 Å². The first-order valence-corrected chi connectivity index (χ1v) is 5.95. The van der Waals surface area contributed by atoms with Gasteiger partial charge in [-0.25, -0.2) is 0 Å². The normalized spacial score (nSPS) is 10.0. The molecule has 0 heterocycles. The SMILES string of the molecule is CCCOC(=O)CCC(=O)c1ccc(Cl)cc1. The molecule has 0 aliphatic carbocycles. The van der Waals surface area contributed by atoms with Crippen molar-refractivity contribution >= 4 is 23.4 Å². The molecule has 1 aromatic carbocycles. The van der Waals surface area contributed by atoms with Crippen LogP contribution in [0.4, 0.5) is 0 Å². The van der Waals surface area contributed by atoms with Gasteiger partial charge in [-0.3, -0.25) is 9.59 Å². The van der Waals surface area contributed by atoms with Crippen LogP contribution in [0.2, 0.25) is 5.02 Å². The molecule has 0 bridgehead atoms. The van der Waals surface area contributed by atoms with Crippen molar-refractivity contribution < 1.29 is 14.3 Å². The molecule has 92 valence electrons. The van der Waals surface area contributed by atoms with Gasteiger partial charge in [0.25, 0.3) is 0 Å². The quantitative estimate of drug-likeness (QED) is 0.578. The van der Waals surface area contributed by atoms with Gasteiger partial charge < -0.3 is 4.74 Å². The smallest absolute Gasteiger partial charge is 0.306 e. The fraction of sp³-hybridized carbons (Fsp3) is 0.385. The van der Waals surface area contributed by atoms with Crippen LogP contribution in [0.3, 0.4) is 0 Å². The van der Waals surface area contributed by atoms with Crippen LogP contribution < -0.4 is 0 Å². The van der Waals surface area contributed by atoms with Crippen LogP contribution in [0.25, 0.3) is 0 Å². The summed E-state index contributed by atoms with van der Waals surface area (Å²) in [7, 11) is 0. The molecule has 0 fully saturated rings. The summed E-state index contributed by atoms with van der Waals surface area (Å²) in [6.07, 6.45) is 1.09. The average Bonchev–Trinajstić information content (AvgIpc) is 2.34. The molecule has 1 aromatic rings. The third-order valence-corrected chi connectivity index (χ3v) is 2.44. The molecule has 17 heavy (non-hydrogen) atoms. The Kier molecular flexibility index (Phi) is 5.70. The van der Waals surface area contributed by atoms with E-state index in [0.717, 1.165) is 6.42 Å². The molecule has 0 aliphatic rings. The summed E-state index contributed by atoms with van der Waals surface area (Å²) in [6, 6.07) is 6.62. The van der Waals surface area contributed by atoms with Gasteiger partial charge in [-0.15, -0.1) is 0 Å². The van der Waals surface area contributed by atoms with Crippen LogP contribution in [-0.2, 0) is 9.53 Å². The summed E-state index contributed by atoms with van der Waals surface area (Å²) in [5.74, 6) is -0.399. The van der Waals surface area contributed by atoms with E-state index in [9.17, 15) is 9.59 Å². The number of hydrogen-bond donors (Lipinski definition) is 0. The molecule has 3 nitrogen and oxygen atoms in total. The second-order valence-electron chi connectivity index (χ2n) is 3.65. The first-order valence-electron chi connectivity index (χ1n) is 5.58. The summed E-state index contributed by atoms with van der Waals surface area (Å²) < 4.78 is 4.88. The number of hydrogen-bond acceptors (Lipinski definition) is 3. The Balaban J connectivity index is 2.39. The summed E-state index contributed by atoms with van der Waals surface area (Å²) in [4.78, 5) is 22.9. The number of ketones is 1. The van der Waals surface area contributed by atoms with Gasteiger partial charge in [-0.05, 0) is 30.7 Å². The number of carbonyl (C=O) groups excluding carboxylic acids is 2. The number of benzene rings is 1. The molecule has 0 unspecified atom stereocenters. The zero-order valence-electron chi connectivity index (χ0n) is 9.74. The van der Waals surface area contributed by atoms with E-state index in [1.165, 1.54) is 0 Å². The van der Waals surface area contributed by atoms with Crippen LogP contribution >= 0.6 is 11.6 Å². The highest BCUT2D eigenvalue weighted by Gasteiger charge is 2.09. The largest absolute Gasteiger partial charge is 0.466 e. The van der Waals surface area contributed by atoms with Crippen molar-refractivity contribution in [2.24, 2.45) is 0 Å². The van der Waals surface area contributed by atoms with Gasteiger partial charge in [0, 0.05) is 17.0 Å². The molecule has 0 atom stereocenters. The fourth-order valence-electron chi connectivity index (χ4n) is 1.28. The topological polar surface area (TPSA) is 43.4 Å². The lowest BCUT2D eigenvalue weighted by Gasteiger charge is -2.03. The monoisotopic (exact) mass is 254 g/mol. The number of ether oxygens (including phenoxy) is 1. The van der Waals surface area contributed by atoms with E-state index >= 15 is 0 Å². The van der Waals surface area contributed by atoms with Crippen LogP contribution in [0.5, 0.6) is 0 Å². The van der Waals surface area contributed by atoms with Crippen LogP contribution in [0.15, 0.2) is 24.3 Å². The zero-order chi connectivity index (χ0) is 12.7. The molecule has 0 amide bonds. The van der Waals surface area contributed by atoms with Gasteiger partial charge in [0.15, 0.2) is 5.78 Å². The van der Waals surface area contributed by atoms with Gasteiger partial charge in [-0.1, -0.05) is 18.5 Å². The molecule has 0 saturated carbocycles. The highest BCUT2D eigenvalue weighted by molar-refractivity contribution is 6.30. The van der Waals surface area contributed by atoms with E-state index in [2.05, 4.69) is 0 Å². The van der Waals surface area contributed by atoms with Crippen molar-refractivity contribution in [3.05, 3.63) is 34.9 Å². The molecular formula is C13H15ClO3. The van der Waals surface area contributed by atoms with Crippen molar-refractivity contribution in [1.29, 1.82) is 0 Å². The lowest BCUT2D eigenvalue weighted by Crippen LogP contribution is -2.08. The fourth-order valence-corrected chi connectivity index (χ4v) is 1.41. The van der Waals surface area contributed by atoms with Crippen LogP contribution in [0, 0.1) is 0 Å². The first-order chi connectivity index (χ1) is 8.13. The third kappa shape index (κ3) is 5.00. The van der Waals surface area contributed by atoms with E-state index in [-0.39, 0.29) is 24.6 Å².